The van der Waals surface area contributed by atoms with E-state index < -0.39 is 0 Å². The molecule has 0 aromatic heterocycles. The molecule has 1 atom stereocenters. The molecule has 0 aliphatic rings. The number of nitriles is 1. The van der Waals surface area contributed by atoms with E-state index >= 15 is 0 Å². The van der Waals surface area contributed by atoms with Crippen molar-refractivity contribution in [3.8, 4) is 6.07 Å². The van der Waals surface area contributed by atoms with E-state index in [2.05, 4.69) is 5.32 Å². The van der Waals surface area contributed by atoms with E-state index in [-0.39, 0.29) is 24.3 Å². The van der Waals surface area contributed by atoms with Crippen LogP contribution in [0.2, 0.25) is 0 Å². The van der Waals surface area contributed by atoms with E-state index in [0.29, 0.717) is 24.2 Å². The predicted octanol–water partition coefficient (Wildman–Crippen LogP) is 2.04. The van der Waals surface area contributed by atoms with Crippen LogP contribution < -0.4 is 5.32 Å². The Balaban J connectivity index is 2.67. The van der Waals surface area contributed by atoms with Crippen LogP contribution in [-0.4, -0.2) is 29.9 Å². The number of nitrogens with zero attached hydrogens (tertiary/aromatic N) is 2. The van der Waals surface area contributed by atoms with Gasteiger partial charge in [0.25, 0.3) is 0 Å². The second-order valence-electron chi connectivity index (χ2n) is 4.53. The maximum Gasteiger partial charge on any atom is 0.239 e. The van der Waals surface area contributed by atoms with Gasteiger partial charge in [0.05, 0.1) is 17.7 Å². The number of benzene rings is 1. The molecule has 1 N–H and O–H groups in total. The van der Waals surface area contributed by atoms with E-state index in [4.69, 9.17) is 5.26 Å². The van der Waals surface area contributed by atoms with E-state index in [0.717, 1.165) is 0 Å². The summed E-state index contributed by atoms with van der Waals surface area (Å²) in [5.41, 5.74) is 0.800. The fraction of sp³-hybridized carbons (Fsp3) is 0.467. The molecule has 0 fully saturated rings. The maximum atomic E-state index is 13.6. The third kappa shape index (κ3) is 4.04. The van der Waals surface area contributed by atoms with E-state index in [1.807, 2.05) is 19.9 Å². The quantitative estimate of drug-likeness (QED) is 0.865. The second kappa shape index (κ2) is 7.61. The zero-order valence-electron chi connectivity index (χ0n) is 12.1. The molecule has 0 heterocycles. The summed E-state index contributed by atoms with van der Waals surface area (Å²) in [6.07, 6.45) is 0. The first kappa shape index (κ1) is 16.1. The van der Waals surface area contributed by atoms with Crippen LogP contribution in [0.5, 0.6) is 0 Å². The first-order chi connectivity index (χ1) is 9.53. The van der Waals surface area contributed by atoms with E-state index in [9.17, 15) is 9.18 Å². The Hall–Kier alpha value is -1.93. The number of hydrogen-bond acceptors (Lipinski definition) is 3. The lowest BCUT2D eigenvalue weighted by molar-refractivity contribution is -0.132. The van der Waals surface area contributed by atoms with Crippen LogP contribution in [0, 0.1) is 17.1 Å². The monoisotopic (exact) mass is 277 g/mol. The highest BCUT2D eigenvalue weighted by molar-refractivity contribution is 5.81. The molecule has 20 heavy (non-hydrogen) atoms. The Labute approximate surface area is 119 Å². The summed E-state index contributed by atoms with van der Waals surface area (Å²) in [7, 11) is 0. The van der Waals surface area contributed by atoms with Crippen LogP contribution in [0.1, 0.15) is 31.9 Å². The number of hydrogen-bond donors (Lipinski definition) is 1. The van der Waals surface area contributed by atoms with E-state index in [1.165, 1.54) is 18.2 Å². The summed E-state index contributed by atoms with van der Waals surface area (Å²) in [6.45, 7) is 7.12. The molecule has 5 heteroatoms. The molecule has 0 aliphatic carbocycles. The van der Waals surface area contributed by atoms with Gasteiger partial charge in [-0.1, -0.05) is 0 Å². The number of carbonyl (C=O) groups excluding carboxylic acids is 1. The molecule has 1 rings (SSSR count). The average molecular weight is 277 g/mol. The molecule has 108 valence electrons. The van der Waals surface area contributed by atoms with Gasteiger partial charge in [-0.25, -0.2) is 4.39 Å². The summed E-state index contributed by atoms with van der Waals surface area (Å²) in [5, 5.41) is 11.8. The normalized spacial score (nSPS) is 11.8. The standard InChI is InChI=1S/C15H20FN3O/c1-4-19(5-2)15(20)11(3)18-10-13-8-12(9-17)6-7-14(13)16/h6-8,11,18H,4-5,10H2,1-3H3. The van der Waals surface area contributed by atoms with Crippen molar-refractivity contribution in [2.24, 2.45) is 0 Å². The molecule has 0 bridgehead atoms. The lowest BCUT2D eigenvalue weighted by atomic mass is 10.1. The summed E-state index contributed by atoms with van der Waals surface area (Å²) >= 11 is 0. The largest absolute Gasteiger partial charge is 0.342 e. The summed E-state index contributed by atoms with van der Waals surface area (Å²) in [4.78, 5) is 13.8. The average Bonchev–Trinajstić information content (AvgIpc) is 2.47. The molecule has 0 saturated heterocycles. The van der Waals surface area contributed by atoms with Crippen molar-refractivity contribution in [2.45, 2.75) is 33.4 Å². The van der Waals surface area contributed by atoms with Gasteiger partial charge in [-0.3, -0.25) is 4.79 Å². The van der Waals surface area contributed by atoms with Gasteiger partial charge in [0.15, 0.2) is 0 Å². The Bertz CT molecular complexity index is 506. The van der Waals surface area contributed by atoms with Crippen molar-refractivity contribution in [1.29, 1.82) is 5.26 Å². The third-order valence-corrected chi connectivity index (χ3v) is 3.22. The molecule has 0 spiro atoms. The van der Waals surface area contributed by atoms with Crippen molar-refractivity contribution in [3.05, 3.63) is 35.1 Å². The van der Waals surface area contributed by atoms with Gasteiger partial charge in [0, 0.05) is 25.2 Å². The number of rotatable bonds is 6. The zero-order valence-corrected chi connectivity index (χ0v) is 12.1. The van der Waals surface area contributed by atoms with Gasteiger partial charge in [0.2, 0.25) is 5.91 Å². The molecule has 0 radical (unpaired) electrons. The number of nitrogens with one attached hydrogen (secondary N) is 1. The first-order valence-corrected chi connectivity index (χ1v) is 6.74. The molecule has 4 nitrogen and oxygen atoms in total. The summed E-state index contributed by atoms with van der Waals surface area (Å²) in [5.74, 6) is -0.383. The fourth-order valence-electron chi connectivity index (χ4n) is 1.94. The van der Waals surface area contributed by atoms with E-state index in [1.54, 1.807) is 11.8 Å². The zero-order chi connectivity index (χ0) is 15.1. The van der Waals surface area contributed by atoms with Crippen molar-refractivity contribution in [1.82, 2.24) is 10.2 Å². The molecule has 0 aliphatic heterocycles. The maximum absolute atomic E-state index is 13.6. The highest BCUT2D eigenvalue weighted by Crippen LogP contribution is 2.10. The van der Waals surface area contributed by atoms with Crippen LogP contribution in [0.25, 0.3) is 0 Å². The second-order valence-corrected chi connectivity index (χ2v) is 4.53. The van der Waals surface area contributed by atoms with Crippen LogP contribution in [0.3, 0.4) is 0 Å². The number of amides is 1. The van der Waals surface area contributed by atoms with Crippen molar-refractivity contribution in [2.75, 3.05) is 13.1 Å². The van der Waals surface area contributed by atoms with Gasteiger partial charge in [-0.05, 0) is 39.0 Å². The minimum atomic E-state index is -0.389. The predicted molar refractivity (Wildman–Crippen MR) is 75.3 cm³/mol. The fourth-order valence-corrected chi connectivity index (χ4v) is 1.94. The SMILES string of the molecule is CCN(CC)C(=O)C(C)NCc1cc(C#N)ccc1F. The molecule has 1 unspecified atom stereocenters. The minimum Gasteiger partial charge on any atom is -0.342 e. The third-order valence-electron chi connectivity index (χ3n) is 3.22. The summed E-state index contributed by atoms with van der Waals surface area (Å²) < 4.78 is 13.6. The number of carbonyl (C=O) groups is 1. The van der Waals surface area contributed by atoms with Crippen LogP contribution in [-0.2, 0) is 11.3 Å². The lowest BCUT2D eigenvalue weighted by Crippen LogP contribution is -2.44. The molecular weight excluding hydrogens is 257 g/mol. The molecular formula is C15H20FN3O. The highest BCUT2D eigenvalue weighted by atomic mass is 19.1. The van der Waals surface area contributed by atoms with Gasteiger partial charge in [-0.2, -0.15) is 5.26 Å². The molecule has 1 amide bonds. The molecule has 0 saturated carbocycles. The topological polar surface area (TPSA) is 56.1 Å². The number of halogens is 1. The van der Waals surface area contributed by atoms with Crippen molar-refractivity contribution >= 4 is 5.91 Å². The Morgan fingerprint density at radius 3 is 2.65 bits per heavy atom. The van der Waals surface area contributed by atoms with Crippen molar-refractivity contribution in [3.63, 3.8) is 0 Å². The first-order valence-electron chi connectivity index (χ1n) is 6.74. The summed E-state index contributed by atoms with van der Waals surface area (Å²) in [6, 6.07) is 5.78. The van der Waals surface area contributed by atoms with Crippen molar-refractivity contribution < 1.29 is 9.18 Å². The van der Waals surface area contributed by atoms with Crippen LogP contribution in [0.4, 0.5) is 4.39 Å². The Morgan fingerprint density at radius 2 is 2.10 bits per heavy atom. The Kier molecular flexibility index (Phi) is 6.13. The smallest absolute Gasteiger partial charge is 0.239 e. The molecule has 1 aromatic rings. The Morgan fingerprint density at radius 1 is 1.45 bits per heavy atom. The van der Waals surface area contributed by atoms with Gasteiger partial charge < -0.3 is 10.2 Å². The van der Waals surface area contributed by atoms with Gasteiger partial charge >= 0.3 is 0 Å². The van der Waals surface area contributed by atoms with Gasteiger partial charge in [0.1, 0.15) is 5.82 Å². The van der Waals surface area contributed by atoms with Gasteiger partial charge in [-0.15, -0.1) is 0 Å². The van der Waals surface area contributed by atoms with Crippen LogP contribution in [0.15, 0.2) is 18.2 Å². The minimum absolute atomic E-state index is 0.00755. The van der Waals surface area contributed by atoms with Crippen LogP contribution >= 0.6 is 0 Å². The lowest BCUT2D eigenvalue weighted by Gasteiger charge is -2.23. The molecule has 1 aromatic carbocycles. The number of likely N-dealkylation sites (N-methyl/N-ethyl adjacent to an activating group) is 1. The highest BCUT2D eigenvalue weighted by Gasteiger charge is 2.17.